The molecule has 2 aromatic heterocycles. The van der Waals surface area contributed by atoms with E-state index in [2.05, 4.69) is 22.0 Å². The van der Waals surface area contributed by atoms with E-state index in [9.17, 15) is 9.65 Å². The standard InChI is InChI=1S/C51H71ClFN6O9P/c1-5-6-7-8-9-10-11-12-13-14-15-16-17-18-19-22-27-61-32-40(33-62-42-29-39(31-54)28-41(53)30-42)34-64-69(60,67-45-24-21-20-23-43(45)52)65-36-50(35-56-4)48-51(37-63-50,68-49(2,3)66-48)46-26-25-44-47(55)57-38-58-59(44)46/h20-21,23-26,28-30,35,38,40,48H,5-19,22,27,32-34,36-37H2,1-4H3,(H2,55,57,58)/t40?,48-,50-,51-,69?/m1/s1. The molecule has 0 saturated carbocycles. The van der Waals surface area contributed by atoms with Crippen molar-refractivity contribution in [3.05, 3.63) is 83.0 Å². The van der Waals surface area contributed by atoms with Crippen LogP contribution in [0, 0.1) is 23.1 Å². The Balaban J connectivity index is 1.09. The van der Waals surface area contributed by atoms with Crippen LogP contribution in [0.4, 0.5) is 10.2 Å². The van der Waals surface area contributed by atoms with Crippen LogP contribution in [0.25, 0.3) is 5.52 Å². The third-order valence-corrected chi connectivity index (χ3v) is 14.1. The number of hydrogen-bond donors (Lipinski definition) is 1. The molecule has 2 N–H and O–H groups in total. The number of fused-ring (bicyclic) bond motifs is 2. The Labute approximate surface area is 412 Å². The third-order valence-electron chi connectivity index (χ3n) is 12.5. The van der Waals surface area contributed by atoms with Crippen LogP contribution in [0.3, 0.4) is 0 Å². The maximum Gasteiger partial charge on any atom is 0.530 e. The predicted molar refractivity (Wildman–Crippen MR) is 264 cm³/mol. The first kappa shape index (κ1) is 54.2. The number of halogens is 2. The second-order valence-electron chi connectivity index (χ2n) is 18.6. The van der Waals surface area contributed by atoms with E-state index in [0.29, 0.717) is 17.8 Å². The first-order chi connectivity index (χ1) is 33.3. The monoisotopic (exact) mass is 996 g/mol. The molecule has 2 aliphatic rings. The SMILES string of the molecule is CCCCCCCCCCCCCCCCCCOCC(COc1cc(F)cc(C#N)c1)COP(=O)(OC[C@@]1(C=NC)OC[C@]2(c3ccc4c(N)ncnn34)OC(C)(C)O[C@H]12)Oc1ccccc1Cl. The molecule has 2 unspecified atom stereocenters. The maximum atomic E-state index is 15.0. The summed E-state index contributed by atoms with van der Waals surface area (Å²) in [5.74, 6) is -1.82. The van der Waals surface area contributed by atoms with E-state index in [1.165, 1.54) is 108 Å². The number of nitrogens with two attached hydrogens (primary N) is 1. The molecule has 69 heavy (non-hydrogen) atoms. The highest BCUT2D eigenvalue weighted by atomic mass is 35.5. The van der Waals surface area contributed by atoms with Crippen molar-refractivity contribution in [1.82, 2.24) is 14.6 Å². The van der Waals surface area contributed by atoms with E-state index >= 15 is 4.57 Å². The van der Waals surface area contributed by atoms with Crippen molar-refractivity contribution in [1.29, 1.82) is 5.26 Å². The number of phosphoric ester groups is 1. The van der Waals surface area contributed by atoms with Gasteiger partial charge >= 0.3 is 7.82 Å². The smallest absolute Gasteiger partial charge is 0.493 e. The Hall–Kier alpha value is -4.17. The number of rotatable bonds is 32. The summed E-state index contributed by atoms with van der Waals surface area (Å²) >= 11 is 6.52. The van der Waals surface area contributed by atoms with Crippen molar-refractivity contribution >= 4 is 37.0 Å². The minimum Gasteiger partial charge on any atom is -0.493 e. The number of anilines is 1. The van der Waals surface area contributed by atoms with Gasteiger partial charge in [-0.3, -0.25) is 14.0 Å². The minimum atomic E-state index is -4.61. The molecular formula is C51H71ClFN6O9P. The van der Waals surface area contributed by atoms with Gasteiger partial charge in [0, 0.05) is 31.9 Å². The van der Waals surface area contributed by atoms with Gasteiger partial charge in [-0.1, -0.05) is 127 Å². The van der Waals surface area contributed by atoms with Crippen LogP contribution in [-0.4, -0.2) is 85.0 Å². The van der Waals surface area contributed by atoms with Gasteiger partial charge < -0.3 is 33.9 Å². The van der Waals surface area contributed by atoms with Gasteiger partial charge in [0.25, 0.3) is 0 Å². The highest BCUT2D eigenvalue weighted by molar-refractivity contribution is 7.49. The zero-order chi connectivity index (χ0) is 49.2. The van der Waals surface area contributed by atoms with Crippen molar-refractivity contribution in [2.45, 2.75) is 147 Å². The summed E-state index contributed by atoms with van der Waals surface area (Å²) in [6.07, 6.45) is 22.2. The molecule has 378 valence electrons. The van der Waals surface area contributed by atoms with E-state index in [1.807, 2.05) is 12.1 Å². The van der Waals surface area contributed by atoms with E-state index in [-0.39, 0.29) is 54.3 Å². The highest BCUT2D eigenvalue weighted by Crippen LogP contribution is 2.56. The Kier molecular flexibility index (Phi) is 20.7. The van der Waals surface area contributed by atoms with Crippen LogP contribution in [0.15, 0.2) is 65.9 Å². The number of nitrogen functional groups attached to an aromatic ring is 1. The summed E-state index contributed by atoms with van der Waals surface area (Å²) in [5.41, 5.74) is 4.70. The van der Waals surface area contributed by atoms with Gasteiger partial charge in [0.1, 0.15) is 35.3 Å². The molecule has 15 nitrogen and oxygen atoms in total. The maximum absolute atomic E-state index is 15.0. The lowest BCUT2D eigenvalue weighted by atomic mass is 9.86. The molecule has 5 atom stereocenters. The summed E-state index contributed by atoms with van der Waals surface area (Å²) in [6.45, 7) is 5.71. The lowest BCUT2D eigenvalue weighted by molar-refractivity contribution is -0.200. The molecule has 4 aromatic rings. The second kappa shape index (κ2) is 26.3. The first-order valence-corrected chi connectivity index (χ1v) is 26.5. The van der Waals surface area contributed by atoms with E-state index in [4.69, 9.17) is 54.6 Å². The Morgan fingerprint density at radius 3 is 2.30 bits per heavy atom. The van der Waals surface area contributed by atoms with Gasteiger partial charge in [-0.25, -0.2) is 18.5 Å². The zero-order valence-corrected chi connectivity index (χ0v) is 42.4. The zero-order valence-electron chi connectivity index (χ0n) is 40.8. The van der Waals surface area contributed by atoms with Gasteiger partial charge in [0.05, 0.1) is 55.4 Å². The first-order valence-electron chi connectivity index (χ1n) is 24.6. The Bertz CT molecular complexity index is 2350. The molecule has 2 aliphatic heterocycles. The number of hydrogen-bond acceptors (Lipinski definition) is 14. The largest absolute Gasteiger partial charge is 0.530 e. The van der Waals surface area contributed by atoms with E-state index in [1.54, 1.807) is 55.7 Å². The molecule has 0 spiro atoms. The van der Waals surface area contributed by atoms with Crippen molar-refractivity contribution in [2.24, 2.45) is 10.9 Å². The number of ether oxygens (including phenoxy) is 5. The van der Waals surface area contributed by atoms with Crippen molar-refractivity contribution in [3.63, 3.8) is 0 Å². The molecule has 0 bridgehead atoms. The van der Waals surface area contributed by atoms with Crippen LogP contribution < -0.4 is 15.0 Å². The van der Waals surface area contributed by atoms with Gasteiger partial charge in [0.15, 0.2) is 22.8 Å². The third kappa shape index (κ3) is 15.2. The van der Waals surface area contributed by atoms with Crippen LogP contribution in [0.2, 0.25) is 5.02 Å². The average Bonchev–Trinajstić information content (AvgIpc) is 3.98. The van der Waals surface area contributed by atoms with Crippen LogP contribution >= 0.6 is 19.4 Å². The van der Waals surface area contributed by atoms with Crippen LogP contribution in [0.5, 0.6) is 11.5 Å². The number of aromatic nitrogens is 3. The van der Waals surface area contributed by atoms with E-state index in [0.717, 1.165) is 25.3 Å². The van der Waals surface area contributed by atoms with Gasteiger partial charge in [-0.2, -0.15) is 10.4 Å². The number of phosphoric acid groups is 1. The van der Waals surface area contributed by atoms with E-state index < -0.39 is 49.3 Å². The van der Waals surface area contributed by atoms with Gasteiger partial charge in [0.2, 0.25) is 0 Å². The van der Waals surface area contributed by atoms with Crippen LogP contribution in [-0.2, 0) is 38.2 Å². The van der Waals surface area contributed by atoms with Crippen molar-refractivity contribution in [3.8, 4) is 17.6 Å². The predicted octanol–water partition coefficient (Wildman–Crippen LogP) is 12.0. The molecule has 0 radical (unpaired) electrons. The highest BCUT2D eigenvalue weighted by Gasteiger charge is 2.69. The van der Waals surface area contributed by atoms with Crippen molar-refractivity contribution in [2.75, 3.05) is 52.4 Å². The van der Waals surface area contributed by atoms with Gasteiger partial charge in [-0.15, -0.1) is 0 Å². The van der Waals surface area contributed by atoms with Crippen molar-refractivity contribution < 1.29 is 46.2 Å². The molecule has 2 fully saturated rings. The lowest BCUT2D eigenvalue weighted by Crippen LogP contribution is -2.51. The molecule has 0 aliphatic carbocycles. The summed E-state index contributed by atoms with van der Waals surface area (Å²) in [6, 6.07) is 15.8. The quantitative estimate of drug-likeness (QED) is 0.0277. The molecule has 0 amide bonds. The minimum absolute atomic E-state index is 0.0349. The summed E-state index contributed by atoms with van der Waals surface area (Å²) in [4.78, 5) is 8.46. The Morgan fingerprint density at radius 2 is 1.64 bits per heavy atom. The number of para-hydroxylation sites is 1. The summed E-state index contributed by atoms with van der Waals surface area (Å²) in [7, 11) is -3.04. The number of unbranched alkanes of at least 4 members (excludes halogenated alkanes) is 15. The molecule has 6 rings (SSSR count). The molecule has 2 aromatic carbocycles. The summed E-state index contributed by atoms with van der Waals surface area (Å²) < 4.78 is 81.5. The van der Waals surface area contributed by atoms with Crippen LogP contribution in [0.1, 0.15) is 135 Å². The second-order valence-corrected chi connectivity index (χ2v) is 20.6. The molecule has 18 heteroatoms. The number of nitriles is 1. The lowest BCUT2D eigenvalue weighted by Gasteiger charge is -2.32. The number of nitrogens with zero attached hydrogens (tertiary/aromatic N) is 5. The fraction of sp³-hybridized carbons (Fsp3) is 0.608. The summed E-state index contributed by atoms with van der Waals surface area (Å²) in [5, 5.41) is 14.1. The average molecular weight is 998 g/mol. The topological polar surface area (TPSA) is 183 Å². The molecule has 4 heterocycles. The molecule has 2 saturated heterocycles. The number of benzene rings is 2. The van der Waals surface area contributed by atoms with Gasteiger partial charge in [-0.05, 0) is 56.7 Å². The molecular weight excluding hydrogens is 926 g/mol. The fourth-order valence-corrected chi connectivity index (χ4v) is 10.6. The fourth-order valence-electron chi connectivity index (χ4n) is 9.00. The normalized spacial score (nSPS) is 21.1. The number of aliphatic imine (C=N–C) groups is 1. The Morgan fingerprint density at radius 1 is 0.957 bits per heavy atom.